The number of hydrogen-bond donors (Lipinski definition) is 1. The minimum absolute atomic E-state index is 0.156. The van der Waals surface area contributed by atoms with Crippen molar-refractivity contribution in [3.8, 4) is 11.3 Å². The summed E-state index contributed by atoms with van der Waals surface area (Å²) in [5, 5.41) is 5.97. The Bertz CT molecular complexity index is 615. The number of thiazole rings is 1. The third-order valence-electron chi connectivity index (χ3n) is 3.64. The Morgan fingerprint density at radius 2 is 2.00 bits per heavy atom. The highest BCUT2D eigenvalue weighted by Crippen LogP contribution is 2.38. The first-order chi connectivity index (χ1) is 10.1. The third-order valence-corrected chi connectivity index (χ3v) is 4.60. The lowest BCUT2D eigenvalue weighted by Gasteiger charge is -2.21. The van der Waals surface area contributed by atoms with E-state index >= 15 is 0 Å². The van der Waals surface area contributed by atoms with Gasteiger partial charge in [0, 0.05) is 10.9 Å². The summed E-state index contributed by atoms with van der Waals surface area (Å²) in [6, 6.07) is 5.78. The Labute approximate surface area is 125 Å². The summed E-state index contributed by atoms with van der Waals surface area (Å²) in [7, 11) is 0. The quantitative estimate of drug-likeness (QED) is 0.873. The minimum Gasteiger partial charge on any atom is -0.308 e. The average molecular weight is 312 g/mol. The van der Waals surface area contributed by atoms with E-state index < -0.39 is 11.7 Å². The second-order valence-electron chi connectivity index (χ2n) is 5.12. The predicted molar refractivity (Wildman–Crippen MR) is 77.1 cm³/mol. The molecule has 2 aromatic rings. The van der Waals surface area contributed by atoms with Gasteiger partial charge in [0.1, 0.15) is 5.01 Å². The smallest absolute Gasteiger partial charge is 0.308 e. The monoisotopic (exact) mass is 312 g/mol. The van der Waals surface area contributed by atoms with Gasteiger partial charge in [0.05, 0.1) is 17.3 Å². The molecule has 1 N–H and O–H groups in total. The Morgan fingerprint density at radius 3 is 2.71 bits per heavy atom. The maximum atomic E-state index is 13.1. The van der Waals surface area contributed by atoms with Gasteiger partial charge in [-0.2, -0.15) is 13.2 Å². The van der Waals surface area contributed by atoms with E-state index in [4.69, 9.17) is 0 Å². The van der Waals surface area contributed by atoms with Gasteiger partial charge < -0.3 is 5.32 Å². The van der Waals surface area contributed by atoms with Crippen molar-refractivity contribution in [2.24, 2.45) is 0 Å². The maximum absolute atomic E-state index is 13.1. The van der Waals surface area contributed by atoms with E-state index in [9.17, 15) is 13.2 Å². The molecule has 1 fully saturated rings. The zero-order valence-corrected chi connectivity index (χ0v) is 12.1. The average Bonchev–Trinajstić information content (AvgIpc) is 2.97. The van der Waals surface area contributed by atoms with Crippen molar-refractivity contribution < 1.29 is 13.2 Å². The van der Waals surface area contributed by atoms with Gasteiger partial charge in [-0.3, -0.25) is 0 Å². The van der Waals surface area contributed by atoms with Crippen molar-refractivity contribution >= 4 is 11.3 Å². The summed E-state index contributed by atoms with van der Waals surface area (Å²) in [5.41, 5.74) is -0.0583. The molecule has 1 aliphatic heterocycles. The molecular weight excluding hydrogens is 297 g/mol. The second kappa shape index (κ2) is 5.77. The van der Waals surface area contributed by atoms with E-state index in [1.54, 1.807) is 11.4 Å². The molecule has 1 atom stereocenters. The first-order valence-electron chi connectivity index (χ1n) is 6.91. The van der Waals surface area contributed by atoms with Crippen molar-refractivity contribution in [2.45, 2.75) is 31.5 Å². The molecule has 6 heteroatoms. The zero-order chi connectivity index (χ0) is 14.9. The molecule has 0 saturated carbocycles. The van der Waals surface area contributed by atoms with Crippen LogP contribution in [0.15, 0.2) is 29.6 Å². The van der Waals surface area contributed by atoms with Crippen molar-refractivity contribution in [3.05, 3.63) is 40.2 Å². The van der Waals surface area contributed by atoms with Gasteiger partial charge in [0.25, 0.3) is 0 Å². The molecule has 2 nitrogen and oxygen atoms in total. The number of halogens is 3. The summed E-state index contributed by atoms with van der Waals surface area (Å²) in [6.07, 6.45) is -1.09. The van der Waals surface area contributed by atoms with E-state index in [1.165, 1.54) is 23.5 Å². The number of aromatic nitrogens is 1. The number of hydrogen-bond acceptors (Lipinski definition) is 3. The number of piperidine rings is 1. The summed E-state index contributed by atoms with van der Waals surface area (Å²) in [4.78, 5) is 4.43. The van der Waals surface area contributed by atoms with E-state index in [1.807, 2.05) is 0 Å². The second-order valence-corrected chi connectivity index (χ2v) is 6.01. The Hall–Kier alpha value is -1.40. The summed E-state index contributed by atoms with van der Waals surface area (Å²) >= 11 is 1.43. The molecule has 0 radical (unpaired) electrons. The first-order valence-corrected chi connectivity index (χ1v) is 7.79. The van der Waals surface area contributed by atoms with Crippen molar-refractivity contribution in [3.63, 3.8) is 0 Å². The van der Waals surface area contributed by atoms with Crippen LogP contribution in [-0.2, 0) is 6.18 Å². The largest absolute Gasteiger partial charge is 0.417 e. The molecule has 1 unspecified atom stereocenters. The molecule has 112 valence electrons. The van der Waals surface area contributed by atoms with Crippen LogP contribution in [0.2, 0.25) is 0 Å². The predicted octanol–water partition coefficient (Wildman–Crippen LogP) is 4.64. The maximum Gasteiger partial charge on any atom is 0.417 e. The van der Waals surface area contributed by atoms with E-state index in [0.29, 0.717) is 5.69 Å². The molecule has 2 heterocycles. The summed E-state index contributed by atoms with van der Waals surface area (Å²) in [5.74, 6) is 0. The molecule has 3 rings (SSSR count). The fourth-order valence-corrected chi connectivity index (χ4v) is 3.52. The van der Waals surface area contributed by atoms with Gasteiger partial charge >= 0.3 is 6.18 Å². The molecule has 0 aliphatic carbocycles. The van der Waals surface area contributed by atoms with Crippen LogP contribution in [0.3, 0.4) is 0 Å². The molecule has 1 aromatic heterocycles. The molecule has 1 aliphatic rings. The highest BCUT2D eigenvalue weighted by Gasteiger charge is 2.34. The normalized spacial score (nSPS) is 19.7. The molecule has 0 bridgehead atoms. The lowest BCUT2D eigenvalue weighted by atomic mass is 10.0. The van der Waals surface area contributed by atoms with Crippen LogP contribution in [0.1, 0.15) is 35.9 Å². The Morgan fingerprint density at radius 1 is 1.19 bits per heavy atom. The number of benzene rings is 1. The van der Waals surface area contributed by atoms with E-state index in [-0.39, 0.29) is 11.6 Å². The summed E-state index contributed by atoms with van der Waals surface area (Å²) < 4.78 is 39.2. The lowest BCUT2D eigenvalue weighted by molar-refractivity contribution is -0.137. The molecule has 1 aromatic carbocycles. The number of alkyl halides is 3. The van der Waals surface area contributed by atoms with E-state index in [0.717, 1.165) is 36.9 Å². The van der Waals surface area contributed by atoms with Crippen LogP contribution >= 0.6 is 11.3 Å². The fourth-order valence-electron chi connectivity index (χ4n) is 2.59. The zero-order valence-electron chi connectivity index (χ0n) is 11.3. The van der Waals surface area contributed by atoms with Gasteiger partial charge in [0.2, 0.25) is 0 Å². The molecule has 0 spiro atoms. The molecule has 21 heavy (non-hydrogen) atoms. The van der Waals surface area contributed by atoms with Crippen LogP contribution < -0.4 is 5.32 Å². The van der Waals surface area contributed by atoms with Crippen LogP contribution in [0.4, 0.5) is 13.2 Å². The Kier molecular flexibility index (Phi) is 3.99. The van der Waals surface area contributed by atoms with E-state index in [2.05, 4.69) is 10.3 Å². The van der Waals surface area contributed by atoms with Crippen LogP contribution in [0.5, 0.6) is 0 Å². The summed E-state index contributed by atoms with van der Waals surface area (Å²) in [6.45, 7) is 0.943. The Balaban J connectivity index is 1.93. The molecule has 1 saturated heterocycles. The van der Waals surface area contributed by atoms with Crippen LogP contribution in [0.25, 0.3) is 11.3 Å². The van der Waals surface area contributed by atoms with Crippen molar-refractivity contribution in [1.82, 2.24) is 10.3 Å². The number of nitrogens with one attached hydrogen (secondary N) is 1. The van der Waals surface area contributed by atoms with Crippen LogP contribution in [-0.4, -0.2) is 11.5 Å². The van der Waals surface area contributed by atoms with Crippen molar-refractivity contribution in [1.29, 1.82) is 0 Å². The number of nitrogens with zero attached hydrogens (tertiary/aromatic N) is 1. The highest BCUT2D eigenvalue weighted by molar-refractivity contribution is 7.10. The molecule has 0 amide bonds. The number of rotatable bonds is 2. The van der Waals surface area contributed by atoms with Crippen molar-refractivity contribution in [2.75, 3.05) is 6.54 Å². The fraction of sp³-hybridized carbons (Fsp3) is 0.400. The first kappa shape index (κ1) is 14.5. The van der Waals surface area contributed by atoms with Gasteiger partial charge in [0.15, 0.2) is 0 Å². The molecular formula is C15H15F3N2S. The van der Waals surface area contributed by atoms with Gasteiger partial charge in [-0.05, 0) is 25.5 Å². The van der Waals surface area contributed by atoms with Crippen LogP contribution in [0, 0.1) is 0 Å². The SMILES string of the molecule is FC(F)(F)c1ccccc1-c1csc(C2CCCCN2)n1. The lowest BCUT2D eigenvalue weighted by Crippen LogP contribution is -2.26. The standard InChI is InChI=1S/C15H15F3N2S/c16-15(17,18)11-6-2-1-5-10(11)13-9-21-14(20-13)12-7-3-4-8-19-12/h1-2,5-6,9,12,19H,3-4,7-8H2. The minimum atomic E-state index is -4.36. The topological polar surface area (TPSA) is 24.9 Å². The van der Waals surface area contributed by atoms with Gasteiger partial charge in [-0.15, -0.1) is 11.3 Å². The highest BCUT2D eigenvalue weighted by atomic mass is 32.1. The van der Waals surface area contributed by atoms with Gasteiger partial charge in [-0.25, -0.2) is 4.98 Å². The van der Waals surface area contributed by atoms with Gasteiger partial charge in [-0.1, -0.05) is 24.6 Å². The third kappa shape index (κ3) is 3.11.